The molecular weight excluding hydrogens is 247 g/mol. The topological polar surface area (TPSA) is 113 Å². The van der Waals surface area contributed by atoms with Gasteiger partial charge in [-0.1, -0.05) is 19.8 Å². The van der Waals surface area contributed by atoms with Crippen LogP contribution in [-0.4, -0.2) is 27.5 Å². The zero-order chi connectivity index (χ0) is 11.6. The van der Waals surface area contributed by atoms with Crippen molar-refractivity contribution in [3.63, 3.8) is 0 Å². The third kappa shape index (κ3) is 15.8. The van der Waals surface area contributed by atoms with Crippen molar-refractivity contribution in [2.45, 2.75) is 45.4 Å². The molecule has 0 aliphatic rings. The highest BCUT2D eigenvalue weighted by Gasteiger charge is 2.09. The van der Waals surface area contributed by atoms with Crippen LogP contribution in [-0.2, 0) is 14.3 Å². The lowest BCUT2D eigenvalue weighted by molar-refractivity contribution is 0.307. The maximum atomic E-state index is 11.7. The van der Waals surface area contributed by atoms with Crippen molar-refractivity contribution in [2.75, 3.05) is 19.0 Å². The molecule has 0 amide bonds. The van der Waals surface area contributed by atoms with Crippen LogP contribution in [0, 0.1) is 0 Å². The Morgan fingerprint density at radius 3 is 2.18 bits per heavy atom. The molecule has 0 aromatic carbocycles. The Labute approximate surface area is 104 Å². The van der Waals surface area contributed by atoms with Crippen molar-refractivity contribution in [1.82, 2.24) is 12.3 Å². The monoisotopic (exact) mass is 274 g/mol. The molecule has 0 rings (SSSR count). The summed E-state index contributed by atoms with van der Waals surface area (Å²) in [5, 5.41) is 0. The molecule has 0 spiro atoms. The van der Waals surface area contributed by atoms with Crippen LogP contribution in [0.5, 0.6) is 0 Å². The molecule has 0 aliphatic heterocycles. The molecule has 0 saturated heterocycles. The molecule has 0 bridgehead atoms. The highest BCUT2D eigenvalue weighted by atomic mass is 32.2. The number of rotatable bonds is 10. The second kappa shape index (κ2) is 13.8. The summed E-state index contributed by atoms with van der Waals surface area (Å²) in [6, 6.07) is 0. The lowest BCUT2D eigenvalue weighted by atomic mass is 10.3. The molecule has 0 aromatic rings. The predicted molar refractivity (Wildman–Crippen MR) is 69.1 cm³/mol. The van der Waals surface area contributed by atoms with E-state index in [0.29, 0.717) is 19.3 Å². The maximum absolute atomic E-state index is 11.7. The lowest BCUT2D eigenvalue weighted by Gasteiger charge is -2.04. The van der Waals surface area contributed by atoms with E-state index < -0.39 is 10.1 Å². The smallest absolute Gasteiger partial charge is 0.267 e. The third-order valence-electron chi connectivity index (χ3n) is 2.04. The van der Waals surface area contributed by atoms with E-state index >= 15 is 0 Å². The van der Waals surface area contributed by atoms with Crippen LogP contribution in [0.2, 0.25) is 0 Å². The van der Waals surface area contributed by atoms with Crippen molar-refractivity contribution < 1.29 is 17.0 Å². The van der Waals surface area contributed by atoms with Crippen LogP contribution >= 0.6 is 0 Å². The summed E-state index contributed by atoms with van der Waals surface area (Å²) >= 11 is 0. The molecule has 0 heterocycles. The van der Waals surface area contributed by atoms with E-state index in [1.165, 1.54) is 0 Å². The SMILES string of the molecule is CCCCCOS(=O)(=O)CCCCCF.N.N. The van der Waals surface area contributed by atoms with Crippen LogP contribution in [0.15, 0.2) is 0 Å². The molecular formula is C10H27FN2O3S. The van der Waals surface area contributed by atoms with E-state index in [-0.39, 0.29) is 31.3 Å². The van der Waals surface area contributed by atoms with Crippen LogP contribution in [0.4, 0.5) is 4.39 Å². The minimum absolute atomic E-state index is 0. The number of hydrogen-bond donors (Lipinski definition) is 2. The van der Waals surface area contributed by atoms with E-state index in [0.717, 1.165) is 19.3 Å². The normalized spacial score (nSPS) is 10.5. The average molecular weight is 274 g/mol. The van der Waals surface area contributed by atoms with Gasteiger partial charge in [-0.2, -0.15) is 8.42 Å². The first-order chi connectivity index (χ1) is 7.12. The summed E-state index contributed by atoms with van der Waals surface area (Å²) < 4.78 is 39.0. The van der Waals surface area contributed by atoms with Gasteiger partial charge in [0, 0.05) is 0 Å². The Balaban J connectivity index is -0.000000980. The number of halogens is 1. The summed E-state index contributed by atoms with van der Waals surface area (Å²) in [7, 11) is -3.36. The molecule has 5 nitrogen and oxygen atoms in total. The molecule has 0 saturated carbocycles. The quantitative estimate of drug-likeness (QED) is 0.469. The zero-order valence-corrected chi connectivity index (χ0v) is 11.6. The Morgan fingerprint density at radius 2 is 1.65 bits per heavy atom. The van der Waals surface area contributed by atoms with Crippen molar-refractivity contribution in [1.29, 1.82) is 0 Å². The van der Waals surface area contributed by atoms with Gasteiger partial charge in [0.05, 0.1) is 19.0 Å². The fourth-order valence-electron chi connectivity index (χ4n) is 1.15. The Bertz CT molecular complexity index is 218. The standard InChI is InChI=1S/C10H21FO3S.2H3N/c1-2-3-6-9-14-15(12,13)10-7-4-5-8-11;;/h2-10H2,1H3;2*1H3. The van der Waals surface area contributed by atoms with Crippen LogP contribution < -0.4 is 12.3 Å². The van der Waals surface area contributed by atoms with Gasteiger partial charge in [-0.05, 0) is 25.7 Å². The molecule has 0 unspecified atom stereocenters. The van der Waals surface area contributed by atoms with E-state index in [4.69, 9.17) is 4.18 Å². The fraction of sp³-hybridized carbons (Fsp3) is 1.00. The summed E-state index contributed by atoms with van der Waals surface area (Å²) in [4.78, 5) is 0. The first-order valence-electron chi connectivity index (χ1n) is 5.55. The predicted octanol–water partition coefficient (Wildman–Crippen LogP) is 2.99. The molecule has 0 aromatic heterocycles. The largest absolute Gasteiger partial charge is 0.344 e. The van der Waals surface area contributed by atoms with E-state index in [1.807, 2.05) is 6.92 Å². The van der Waals surface area contributed by atoms with E-state index in [9.17, 15) is 12.8 Å². The minimum Gasteiger partial charge on any atom is -0.344 e. The Kier molecular flexibility index (Phi) is 17.9. The van der Waals surface area contributed by atoms with Gasteiger partial charge in [0.1, 0.15) is 0 Å². The second-order valence-electron chi connectivity index (χ2n) is 3.54. The lowest BCUT2D eigenvalue weighted by Crippen LogP contribution is -2.11. The summed E-state index contributed by atoms with van der Waals surface area (Å²) in [5.41, 5.74) is 0. The van der Waals surface area contributed by atoms with Crippen molar-refractivity contribution in [3.8, 4) is 0 Å². The number of hydrogen-bond acceptors (Lipinski definition) is 5. The molecule has 0 atom stereocenters. The van der Waals surface area contributed by atoms with Gasteiger partial charge >= 0.3 is 0 Å². The van der Waals surface area contributed by atoms with Gasteiger partial charge in [-0.25, -0.2) is 0 Å². The van der Waals surface area contributed by atoms with Crippen molar-refractivity contribution in [3.05, 3.63) is 0 Å². The highest BCUT2D eigenvalue weighted by Crippen LogP contribution is 2.04. The summed E-state index contributed by atoms with van der Waals surface area (Å²) in [6.45, 7) is 1.95. The van der Waals surface area contributed by atoms with Crippen LogP contribution in [0.25, 0.3) is 0 Å². The maximum Gasteiger partial charge on any atom is 0.267 e. The molecule has 0 fully saturated rings. The van der Waals surface area contributed by atoms with E-state index in [1.54, 1.807) is 0 Å². The molecule has 0 radical (unpaired) electrons. The van der Waals surface area contributed by atoms with Crippen LogP contribution in [0.3, 0.4) is 0 Å². The van der Waals surface area contributed by atoms with E-state index in [2.05, 4.69) is 0 Å². The molecule has 17 heavy (non-hydrogen) atoms. The van der Waals surface area contributed by atoms with Gasteiger partial charge in [-0.15, -0.1) is 0 Å². The first kappa shape index (κ1) is 22.0. The summed E-state index contributed by atoms with van der Waals surface area (Å²) in [5.74, 6) is 0.0130. The Hall–Kier alpha value is -0.240. The van der Waals surface area contributed by atoms with Gasteiger partial charge < -0.3 is 12.3 Å². The van der Waals surface area contributed by atoms with Gasteiger partial charge in [0.15, 0.2) is 0 Å². The third-order valence-corrected chi connectivity index (χ3v) is 3.35. The molecule has 108 valence electrons. The molecule has 0 aliphatic carbocycles. The molecule has 7 heteroatoms. The Morgan fingerprint density at radius 1 is 1.00 bits per heavy atom. The van der Waals surface area contributed by atoms with Gasteiger partial charge in [-0.3, -0.25) is 8.57 Å². The summed E-state index contributed by atoms with van der Waals surface area (Å²) in [6.07, 6.45) is 4.33. The average Bonchev–Trinajstić information content (AvgIpc) is 2.20. The number of alkyl halides is 1. The minimum atomic E-state index is -3.36. The second-order valence-corrected chi connectivity index (χ2v) is 5.30. The highest BCUT2D eigenvalue weighted by molar-refractivity contribution is 7.86. The van der Waals surface area contributed by atoms with Crippen molar-refractivity contribution >= 4 is 10.1 Å². The molecule has 6 N–H and O–H groups in total. The van der Waals surface area contributed by atoms with Gasteiger partial charge in [0.25, 0.3) is 10.1 Å². The fourth-order valence-corrected chi connectivity index (χ4v) is 2.19. The number of unbranched alkanes of at least 4 members (excludes halogenated alkanes) is 4. The van der Waals surface area contributed by atoms with Crippen molar-refractivity contribution in [2.24, 2.45) is 0 Å². The van der Waals surface area contributed by atoms with Gasteiger partial charge in [0.2, 0.25) is 0 Å². The first-order valence-corrected chi connectivity index (χ1v) is 7.13. The zero-order valence-electron chi connectivity index (χ0n) is 10.8. The van der Waals surface area contributed by atoms with Crippen LogP contribution in [0.1, 0.15) is 45.4 Å².